The highest BCUT2D eigenvalue weighted by molar-refractivity contribution is 7.07. The van der Waals surface area contributed by atoms with E-state index in [1.807, 2.05) is 16.1 Å². The molecule has 0 aliphatic heterocycles. The summed E-state index contributed by atoms with van der Waals surface area (Å²) in [4.78, 5) is 9.23. The van der Waals surface area contributed by atoms with Gasteiger partial charge in [0.1, 0.15) is 11.5 Å². The van der Waals surface area contributed by atoms with E-state index in [4.69, 9.17) is 0 Å². The normalized spacial score (nSPS) is 11.9. The van der Waals surface area contributed by atoms with Crippen molar-refractivity contribution in [2.75, 3.05) is 0 Å². The maximum Gasteiger partial charge on any atom is 0.190 e. The highest BCUT2D eigenvalue weighted by atomic mass is 32.1. The number of imidazole rings is 1. The lowest BCUT2D eigenvalue weighted by Crippen LogP contribution is -2.17. The molecule has 2 aromatic heterocycles. The zero-order valence-electron chi connectivity index (χ0n) is 15.9. The van der Waals surface area contributed by atoms with Crippen LogP contribution in [0.3, 0.4) is 0 Å². The smallest absolute Gasteiger partial charge is 0.190 e. The van der Waals surface area contributed by atoms with Gasteiger partial charge in [-0.3, -0.25) is 0 Å². The molecular formula is C22H20F2N4S. The zero-order chi connectivity index (χ0) is 20.2. The SMILES string of the molecule is Cc1ccc(-c2csc(=Nc3ccc(F)cc3F)n2CCCn2ccnc2)cc1. The first kappa shape index (κ1) is 19.3. The summed E-state index contributed by atoms with van der Waals surface area (Å²) in [6.45, 7) is 3.59. The summed E-state index contributed by atoms with van der Waals surface area (Å²) in [6.07, 6.45) is 6.34. The lowest BCUT2D eigenvalue weighted by molar-refractivity contribution is 0.557. The predicted octanol–water partition coefficient (Wildman–Crippen LogP) is 5.32. The van der Waals surface area contributed by atoms with Gasteiger partial charge in [0.15, 0.2) is 10.6 Å². The van der Waals surface area contributed by atoms with E-state index in [1.54, 1.807) is 12.5 Å². The highest BCUT2D eigenvalue weighted by Gasteiger charge is 2.10. The molecular weight excluding hydrogens is 390 g/mol. The second kappa shape index (κ2) is 8.53. The average molecular weight is 410 g/mol. The summed E-state index contributed by atoms with van der Waals surface area (Å²) in [5, 5.41) is 2.03. The van der Waals surface area contributed by atoms with Crippen LogP contribution in [0.5, 0.6) is 0 Å². The first-order chi connectivity index (χ1) is 14.1. The molecule has 29 heavy (non-hydrogen) atoms. The summed E-state index contributed by atoms with van der Waals surface area (Å²) in [5.74, 6) is -1.28. The van der Waals surface area contributed by atoms with Crippen LogP contribution < -0.4 is 4.80 Å². The van der Waals surface area contributed by atoms with Crippen LogP contribution in [-0.4, -0.2) is 14.1 Å². The Balaban J connectivity index is 1.71. The molecule has 0 N–H and O–H groups in total. The lowest BCUT2D eigenvalue weighted by atomic mass is 10.1. The molecule has 2 aromatic carbocycles. The van der Waals surface area contributed by atoms with Crippen molar-refractivity contribution >= 4 is 17.0 Å². The number of rotatable bonds is 6. The number of hydrogen-bond acceptors (Lipinski definition) is 3. The van der Waals surface area contributed by atoms with Crippen molar-refractivity contribution in [2.24, 2.45) is 4.99 Å². The Kier molecular flexibility index (Phi) is 5.67. The van der Waals surface area contributed by atoms with Crippen LogP contribution in [0.2, 0.25) is 0 Å². The maximum atomic E-state index is 14.1. The molecule has 4 nitrogen and oxygen atoms in total. The monoisotopic (exact) mass is 410 g/mol. The van der Waals surface area contributed by atoms with Gasteiger partial charge in [0.25, 0.3) is 0 Å². The molecule has 0 aliphatic carbocycles. The molecule has 4 aromatic rings. The van der Waals surface area contributed by atoms with Crippen molar-refractivity contribution in [1.82, 2.24) is 14.1 Å². The summed E-state index contributed by atoms with van der Waals surface area (Å²) in [7, 11) is 0. The first-order valence-electron chi connectivity index (χ1n) is 9.31. The summed E-state index contributed by atoms with van der Waals surface area (Å²) in [6, 6.07) is 11.7. The molecule has 0 spiro atoms. The van der Waals surface area contributed by atoms with Crippen molar-refractivity contribution in [2.45, 2.75) is 26.4 Å². The zero-order valence-corrected chi connectivity index (χ0v) is 16.7. The molecule has 0 aliphatic rings. The molecule has 7 heteroatoms. The van der Waals surface area contributed by atoms with E-state index < -0.39 is 11.6 Å². The Labute approximate surface area is 171 Å². The van der Waals surface area contributed by atoms with Crippen molar-refractivity contribution < 1.29 is 8.78 Å². The van der Waals surface area contributed by atoms with Gasteiger partial charge in [0, 0.05) is 36.9 Å². The standard InChI is InChI=1S/C22H20F2N4S/c1-16-3-5-17(6-4-16)21-14-29-22(26-20-8-7-18(23)13-19(20)24)28(21)11-2-10-27-12-9-25-15-27/h3-9,12-15H,2,10-11H2,1H3. The number of hydrogen-bond donors (Lipinski definition) is 0. The molecule has 2 heterocycles. The highest BCUT2D eigenvalue weighted by Crippen LogP contribution is 2.23. The van der Waals surface area contributed by atoms with Crippen LogP contribution in [0.1, 0.15) is 12.0 Å². The molecule has 0 bridgehead atoms. The molecule has 0 amide bonds. The molecule has 4 rings (SSSR count). The van der Waals surface area contributed by atoms with Gasteiger partial charge in [-0.15, -0.1) is 11.3 Å². The molecule has 148 valence electrons. The Morgan fingerprint density at radius 2 is 1.90 bits per heavy atom. The van der Waals surface area contributed by atoms with Gasteiger partial charge in [0.05, 0.1) is 12.0 Å². The van der Waals surface area contributed by atoms with Crippen LogP contribution in [0, 0.1) is 18.6 Å². The minimum Gasteiger partial charge on any atom is -0.337 e. The number of halogens is 2. The molecule has 0 radical (unpaired) electrons. The predicted molar refractivity (Wildman–Crippen MR) is 111 cm³/mol. The summed E-state index contributed by atoms with van der Waals surface area (Å²) in [5.41, 5.74) is 3.43. The van der Waals surface area contributed by atoms with Gasteiger partial charge >= 0.3 is 0 Å². The number of nitrogens with zero attached hydrogens (tertiary/aromatic N) is 4. The number of benzene rings is 2. The Morgan fingerprint density at radius 1 is 1.07 bits per heavy atom. The van der Waals surface area contributed by atoms with Gasteiger partial charge in [-0.25, -0.2) is 18.8 Å². The van der Waals surface area contributed by atoms with Gasteiger partial charge < -0.3 is 9.13 Å². The van der Waals surface area contributed by atoms with E-state index in [-0.39, 0.29) is 5.69 Å². The van der Waals surface area contributed by atoms with Crippen LogP contribution in [0.4, 0.5) is 14.5 Å². The summed E-state index contributed by atoms with van der Waals surface area (Å²) >= 11 is 1.45. The Bertz CT molecular complexity index is 1160. The fourth-order valence-electron chi connectivity index (χ4n) is 3.10. The molecule has 0 unspecified atom stereocenters. The number of aryl methyl sites for hydroxylation is 2. The largest absolute Gasteiger partial charge is 0.337 e. The minimum absolute atomic E-state index is 0.132. The third-order valence-electron chi connectivity index (χ3n) is 4.63. The maximum absolute atomic E-state index is 14.1. The van der Waals surface area contributed by atoms with Crippen LogP contribution >= 0.6 is 11.3 Å². The third kappa shape index (κ3) is 4.51. The van der Waals surface area contributed by atoms with Crippen LogP contribution in [0.25, 0.3) is 11.3 Å². The Morgan fingerprint density at radius 3 is 2.62 bits per heavy atom. The molecule has 0 atom stereocenters. The van der Waals surface area contributed by atoms with E-state index in [0.717, 1.165) is 30.3 Å². The fourth-order valence-corrected chi connectivity index (χ4v) is 4.04. The van der Waals surface area contributed by atoms with Crippen LogP contribution in [-0.2, 0) is 13.1 Å². The first-order valence-corrected chi connectivity index (χ1v) is 10.2. The van der Waals surface area contributed by atoms with E-state index in [0.29, 0.717) is 11.3 Å². The minimum atomic E-state index is -0.666. The van der Waals surface area contributed by atoms with E-state index in [2.05, 4.69) is 45.7 Å². The van der Waals surface area contributed by atoms with Crippen molar-refractivity contribution in [3.8, 4) is 11.3 Å². The molecule has 0 saturated heterocycles. The van der Waals surface area contributed by atoms with E-state index >= 15 is 0 Å². The lowest BCUT2D eigenvalue weighted by Gasteiger charge is -2.10. The number of aromatic nitrogens is 3. The quantitative estimate of drug-likeness (QED) is 0.424. The van der Waals surface area contributed by atoms with Gasteiger partial charge in [-0.05, 0) is 31.0 Å². The Hall–Kier alpha value is -3.06. The van der Waals surface area contributed by atoms with E-state index in [1.165, 1.54) is 29.0 Å². The van der Waals surface area contributed by atoms with Crippen molar-refractivity contribution in [1.29, 1.82) is 0 Å². The molecule has 0 fully saturated rings. The molecule has 0 saturated carbocycles. The van der Waals surface area contributed by atoms with Gasteiger partial charge in [-0.1, -0.05) is 29.8 Å². The second-order valence-corrected chi connectivity index (χ2v) is 7.62. The average Bonchev–Trinajstić information content (AvgIpc) is 3.35. The van der Waals surface area contributed by atoms with Gasteiger partial charge in [0.2, 0.25) is 0 Å². The second-order valence-electron chi connectivity index (χ2n) is 6.78. The van der Waals surface area contributed by atoms with Gasteiger partial charge in [-0.2, -0.15) is 0 Å². The summed E-state index contributed by atoms with van der Waals surface area (Å²) < 4.78 is 31.5. The fraction of sp³-hybridized carbons (Fsp3) is 0.182. The van der Waals surface area contributed by atoms with E-state index in [9.17, 15) is 8.78 Å². The van der Waals surface area contributed by atoms with Crippen molar-refractivity contribution in [3.05, 3.63) is 88.6 Å². The number of thiazole rings is 1. The van der Waals surface area contributed by atoms with Crippen LogP contribution in [0.15, 0.2) is 71.6 Å². The third-order valence-corrected chi connectivity index (χ3v) is 5.49. The van der Waals surface area contributed by atoms with Crippen molar-refractivity contribution in [3.63, 3.8) is 0 Å². The topological polar surface area (TPSA) is 35.1 Å².